The Morgan fingerprint density at radius 3 is 2.22 bits per heavy atom. The maximum Gasteiger partial charge on any atom is 0.308 e. The number of hydrogen-bond donors (Lipinski definition) is 0. The van der Waals surface area contributed by atoms with Crippen LogP contribution in [-0.2, 0) is 11.2 Å². The van der Waals surface area contributed by atoms with Crippen LogP contribution < -0.4 is 4.74 Å². The lowest BCUT2D eigenvalue weighted by Gasteiger charge is -2.22. The quantitative estimate of drug-likeness (QED) is 0.444. The van der Waals surface area contributed by atoms with Gasteiger partial charge >= 0.3 is 5.97 Å². The summed E-state index contributed by atoms with van der Waals surface area (Å²) in [4.78, 5) is 13.6. The van der Waals surface area contributed by atoms with Crippen molar-refractivity contribution in [3.8, 4) is 16.9 Å². The molecule has 3 nitrogen and oxygen atoms in total. The Morgan fingerprint density at radius 2 is 1.63 bits per heavy atom. The predicted molar refractivity (Wildman–Crippen MR) is 104 cm³/mol. The van der Waals surface area contributed by atoms with Gasteiger partial charge in [-0.25, -0.2) is 8.78 Å². The number of carbonyl (C=O) groups is 1. The SMILES string of the molecule is CCCN(CCC)CCc1cc(OC(C)=O)ccc1-c1ccc(F)cc1F. The first-order chi connectivity index (χ1) is 12.9. The van der Waals surface area contributed by atoms with Gasteiger partial charge in [-0.15, -0.1) is 0 Å². The van der Waals surface area contributed by atoms with Gasteiger partial charge in [0.1, 0.15) is 17.4 Å². The van der Waals surface area contributed by atoms with Crippen molar-refractivity contribution in [1.82, 2.24) is 4.90 Å². The molecule has 5 heteroatoms. The van der Waals surface area contributed by atoms with Gasteiger partial charge in [0, 0.05) is 25.1 Å². The number of halogens is 2. The summed E-state index contributed by atoms with van der Waals surface area (Å²) < 4.78 is 32.8. The minimum atomic E-state index is -0.605. The summed E-state index contributed by atoms with van der Waals surface area (Å²) in [6.07, 6.45) is 2.81. The van der Waals surface area contributed by atoms with Gasteiger partial charge in [-0.1, -0.05) is 19.9 Å². The second-order valence-corrected chi connectivity index (χ2v) is 6.63. The molecule has 2 rings (SSSR count). The van der Waals surface area contributed by atoms with Gasteiger partial charge in [0.15, 0.2) is 0 Å². The van der Waals surface area contributed by atoms with Crippen LogP contribution >= 0.6 is 0 Å². The first-order valence-corrected chi connectivity index (χ1v) is 9.43. The first kappa shape index (κ1) is 21.0. The maximum absolute atomic E-state index is 14.3. The van der Waals surface area contributed by atoms with E-state index in [9.17, 15) is 13.6 Å². The van der Waals surface area contributed by atoms with Gasteiger partial charge < -0.3 is 9.64 Å². The zero-order valence-corrected chi connectivity index (χ0v) is 16.2. The van der Waals surface area contributed by atoms with E-state index in [2.05, 4.69) is 18.7 Å². The second kappa shape index (κ2) is 10.2. The molecule has 2 aromatic rings. The molecule has 0 aliphatic carbocycles. The van der Waals surface area contributed by atoms with Gasteiger partial charge in [-0.05, 0) is 67.7 Å². The molecule has 0 spiro atoms. The van der Waals surface area contributed by atoms with Crippen LogP contribution in [0, 0.1) is 11.6 Å². The number of hydrogen-bond acceptors (Lipinski definition) is 3. The molecule has 0 aromatic heterocycles. The molecule has 0 aliphatic rings. The summed E-state index contributed by atoms with van der Waals surface area (Å²) in [5, 5.41) is 0. The fourth-order valence-electron chi connectivity index (χ4n) is 3.22. The number of esters is 1. The van der Waals surface area contributed by atoms with Crippen LogP contribution in [0.4, 0.5) is 8.78 Å². The zero-order chi connectivity index (χ0) is 19.8. The highest BCUT2D eigenvalue weighted by atomic mass is 19.1. The third-order valence-corrected chi connectivity index (χ3v) is 4.34. The van der Waals surface area contributed by atoms with E-state index in [1.807, 2.05) is 0 Å². The Balaban J connectivity index is 2.36. The Labute approximate surface area is 160 Å². The van der Waals surface area contributed by atoms with Gasteiger partial charge in [-0.2, -0.15) is 0 Å². The monoisotopic (exact) mass is 375 g/mol. The van der Waals surface area contributed by atoms with Crippen molar-refractivity contribution >= 4 is 5.97 Å². The molecule has 0 amide bonds. The molecule has 0 fully saturated rings. The Bertz CT molecular complexity index is 771. The van der Waals surface area contributed by atoms with Crippen LogP contribution in [0.5, 0.6) is 5.75 Å². The molecule has 0 atom stereocenters. The molecule has 0 bridgehead atoms. The third kappa shape index (κ3) is 6.14. The predicted octanol–water partition coefficient (Wildman–Crippen LogP) is 5.22. The molecule has 0 saturated carbocycles. The number of nitrogens with zero attached hydrogens (tertiary/aromatic N) is 1. The summed E-state index contributed by atoms with van der Waals surface area (Å²) in [7, 11) is 0. The van der Waals surface area contributed by atoms with E-state index in [4.69, 9.17) is 4.74 Å². The van der Waals surface area contributed by atoms with Crippen LogP contribution in [0.3, 0.4) is 0 Å². The zero-order valence-electron chi connectivity index (χ0n) is 16.2. The van der Waals surface area contributed by atoms with Gasteiger partial charge in [0.25, 0.3) is 0 Å². The summed E-state index contributed by atoms with van der Waals surface area (Å²) >= 11 is 0. The van der Waals surface area contributed by atoms with Crippen LogP contribution in [0.15, 0.2) is 36.4 Å². The third-order valence-electron chi connectivity index (χ3n) is 4.34. The largest absolute Gasteiger partial charge is 0.427 e. The topological polar surface area (TPSA) is 29.5 Å². The van der Waals surface area contributed by atoms with E-state index in [0.717, 1.165) is 44.1 Å². The molecular weight excluding hydrogens is 348 g/mol. The maximum atomic E-state index is 14.3. The second-order valence-electron chi connectivity index (χ2n) is 6.63. The summed E-state index contributed by atoms with van der Waals surface area (Å²) in [6, 6.07) is 8.73. The van der Waals surface area contributed by atoms with Gasteiger partial charge in [0.2, 0.25) is 0 Å². The van der Waals surface area contributed by atoms with E-state index in [0.29, 0.717) is 23.3 Å². The van der Waals surface area contributed by atoms with Crippen LogP contribution in [-0.4, -0.2) is 30.5 Å². The molecule has 0 radical (unpaired) electrons. The minimum absolute atomic E-state index is 0.346. The molecule has 0 aliphatic heterocycles. The van der Waals surface area contributed by atoms with Crippen molar-refractivity contribution in [1.29, 1.82) is 0 Å². The van der Waals surface area contributed by atoms with E-state index in [-0.39, 0.29) is 0 Å². The number of benzene rings is 2. The molecule has 0 heterocycles. The van der Waals surface area contributed by atoms with Crippen molar-refractivity contribution in [2.45, 2.75) is 40.0 Å². The molecule has 27 heavy (non-hydrogen) atoms. The molecule has 0 saturated heterocycles. The van der Waals surface area contributed by atoms with Crippen LogP contribution in [0.1, 0.15) is 39.2 Å². The first-order valence-electron chi connectivity index (χ1n) is 9.43. The highest BCUT2D eigenvalue weighted by molar-refractivity contribution is 5.72. The molecule has 0 N–H and O–H groups in total. The lowest BCUT2D eigenvalue weighted by atomic mass is 9.96. The Kier molecular flexibility index (Phi) is 7.92. The normalized spacial score (nSPS) is 11.0. The van der Waals surface area contributed by atoms with Gasteiger partial charge in [0.05, 0.1) is 0 Å². The molecule has 146 valence electrons. The smallest absolute Gasteiger partial charge is 0.308 e. The van der Waals surface area contributed by atoms with E-state index >= 15 is 0 Å². The number of carbonyl (C=O) groups excluding carboxylic acids is 1. The molecule has 2 aromatic carbocycles. The van der Waals surface area contributed by atoms with Gasteiger partial charge in [-0.3, -0.25) is 4.79 Å². The lowest BCUT2D eigenvalue weighted by Crippen LogP contribution is -2.27. The number of ether oxygens (including phenoxy) is 1. The van der Waals surface area contributed by atoms with Crippen molar-refractivity contribution in [2.24, 2.45) is 0 Å². The fraction of sp³-hybridized carbons (Fsp3) is 0.409. The van der Waals surface area contributed by atoms with Crippen LogP contribution in [0.2, 0.25) is 0 Å². The van der Waals surface area contributed by atoms with E-state index in [1.54, 1.807) is 18.2 Å². The Morgan fingerprint density at radius 1 is 0.963 bits per heavy atom. The number of rotatable bonds is 9. The average Bonchev–Trinajstić information content (AvgIpc) is 2.60. The van der Waals surface area contributed by atoms with Crippen molar-refractivity contribution in [3.63, 3.8) is 0 Å². The minimum Gasteiger partial charge on any atom is -0.427 e. The highest BCUT2D eigenvalue weighted by Crippen LogP contribution is 2.30. The molecular formula is C22H27F2NO2. The molecule has 0 unspecified atom stereocenters. The summed E-state index contributed by atoms with van der Waals surface area (Å²) in [6.45, 7) is 8.44. The highest BCUT2D eigenvalue weighted by Gasteiger charge is 2.14. The van der Waals surface area contributed by atoms with Crippen LogP contribution in [0.25, 0.3) is 11.1 Å². The Hall–Kier alpha value is -2.27. The van der Waals surface area contributed by atoms with Crippen molar-refractivity contribution in [2.75, 3.05) is 19.6 Å². The fourth-order valence-corrected chi connectivity index (χ4v) is 3.22. The summed E-state index contributed by atoms with van der Waals surface area (Å²) in [5.41, 5.74) is 1.91. The van der Waals surface area contributed by atoms with E-state index in [1.165, 1.54) is 19.1 Å². The van der Waals surface area contributed by atoms with Crippen molar-refractivity contribution < 1.29 is 18.3 Å². The lowest BCUT2D eigenvalue weighted by molar-refractivity contribution is -0.131. The van der Waals surface area contributed by atoms with Crippen molar-refractivity contribution in [3.05, 3.63) is 53.6 Å². The summed E-state index contributed by atoms with van der Waals surface area (Å²) in [5.74, 6) is -1.18. The average molecular weight is 375 g/mol. The van der Waals surface area contributed by atoms with E-state index < -0.39 is 17.6 Å². The standard InChI is InChI=1S/C22H27F2NO2/c1-4-11-25(12-5-2)13-10-17-14-19(27-16(3)26)7-9-20(17)21-8-6-18(23)15-22(21)24/h6-9,14-15H,4-5,10-13H2,1-3H3.